The molecule has 2 aromatic carbocycles. The molecule has 9 nitrogen and oxygen atoms in total. The highest BCUT2D eigenvalue weighted by Crippen LogP contribution is 2.50. The molecule has 0 radical (unpaired) electrons. The van der Waals surface area contributed by atoms with Crippen LogP contribution in [0.25, 0.3) is 11.1 Å². The SMILES string of the molecule is COc1cc2c(c(OC)c1OC)-c1ccc(NCCCC(=O)NCC3CC4C=CC3C4)c(=O)cc1C(NC(C)=O)CC2. The van der Waals surface area contributed by atoms with Crippen LogP contribution < -0.4 is 35.6 Å². The molecule has 0 aliphatic heterocycles. The number of amides is 2. The lowest BCUT2D eigenvalue weighted by atomic mass is 9.93. The van der Waals surface area contributed by atoms with Crippen LogP contribution >= 0.6 is 0 Å². The molecule has 3 N–H and O–H groups in total. The molecule has 1 fully saturated rings. The third kappa shape index (κ3) is 6.10. The first-order valence-corrected chi connectivity index (χ1v) is 14.8. The van der Waals surface area contributed by atoms with Gasteiger partial charge in [0, 0.05) is 32.0 Å². The zero-order valence-corrected chi connectivity index (χ0v) is 24.9. The second-order valence-corrected chi connectivity index (χ2v) is 11.5. The Morgan fingerprint density at radius 1 is 1.00 bits per heavy atom. The topological polar surface area (TPSA) is 115 Å². The maximum atomic E-state index is 13.4. The van der Waals surface area contributed by atoms with E-state index in [2.05, 4.69) is 28.1 Å². The third-order valence-corrected chi connectivity index (χ3v) is 8.79. The van der Waals surface area contributed by atoms with Crippen molar-refractivity contribution in [2.24, 2.45) is 17.8 Å². The van der Waals surface area contributed by atoms with Gasteiger partial charge in [-0.05, 0) is 84.7 Å². The molecule has 3 aliphatic rings. The Kier molecular flexibility index (Phi) is 9.04. The van der Waals surface area contributed by atoms with Crippen molar-refractivity contribution >= 4 is 17.5 Å². The Morgan fingerprint density at radius 2 is 1.81 bits per heavy atom. The summed E-state index contributed by atoms with van der Waals surface area (Å²) in [6, 6.07) is 6.82. The van der Waals surface area contributed by atoms with Crippen LogP contribution in [0.4, 0.5) is 5.69 Å². The maximum absolute atomic E-state index is 13.4. The molecule has 0 saturated heterocycles. The number of methoxy groups -OCH3 is 3. The molecule has 4 atom stereocenters. The van der Waals surface area contributed by atoms with Crippen LogP contribution in [0.5, 0.6) is 17.2 Å². The molecule has 2 aromatic rings. The maximum Gasteiger partial charge on any atom is 0.220 e. The van der Waals surface area contributed by atoms with Crippen molar-refractivity contribution in [2.45, 2.75) is 51.5 Å². The number of fused-ring (bicyclic) bond motifs is 5. The van der Waals surface area contributed by atoms with Crippen LogP contribution in [0.1, 0.15) is 56.2 Å². The molecule has 0 aromatic heterocycles. The molecule has 3 aliphatic carbocycles. The number of rotatable bonds is 11. The minimum absolute atomic E-state index is 0.0439. The van der Waals surface area contributed by atoms with Gasteiger partial charge < -0.3 is 30.2 Å². The van der Waals surface area contributed by atoms with Gasteiger partial charge in [-0.25, -0.2) is 0 Å². The number of anilines is 1. The molecule has 2 bridgehead atoms. The Bertz CT molecular complexity index is 1440. The number of nitrogens with one attached hydrogen (secondary N) is 3. The van der Waals surface area contributed by atoms with Crippen LogP contribution in [-0.2, 0) is 16.0 Å². The van der Waals surface area contributed by atoms with E-state index in [-0.39, 0.29) is 23.3 Å². The van der Waals surface area contributed by atoms with Crippen molar-refractivity contribution in [1.29, 1.82) is 0 Å². The summed E-state index contributed by atoms with van der Waals surface area (Å²) in [6.45, 7) is 2.69. The number of carbonyl (C=O) groups is 2. The fourth-order valence-corrected chi connectivity index (χ4v) is 6.79. The average Bonchev–Trinajstić information content (AvgIpc) is 3.53. The molecule has 1 saturated carbocycles. The lowest BCUT2D eigenvalue weighted by molar-refractivity contribution is -0.121. The van der Waals surface area contributed by atoms with Gasteiger partial charge in [-0.15, -0.1) is 0 Å². The van der Waals surface area contributed by atoms with Crippen LogP contribution in [0.2, 0.25) is 0 Å². The smallest absolute Gasteiger partial charge is 0.220 e. The van der Waals surface area contributed by atoms with E-state index in [1.807, 2.05) is 12.1 Å². The summed E-state index contributed by atoms with van der Waals surface area (Å²) in [5.74, 6) is 3.25. The summed E-state index contributed by atoms with van der Waals surface area (Å²) in [5.41, 5.74) is 3.51. The van der Waals surface area contributed by atoms with Gasteiger partial charge in [0.05, 0.1) is 33.1 Å². The Labute approximate surface area is 247 Å². The molecular weight excluding hydrogens is 534 g/mol. The molecular formula is C33H41N3O6. The summed E-state index contributed by atoms with van der Waals surface area (Å²) in [5, 5.41) is 9.35. The van der Waals surface area contributed by atoms with Gasteiger partial charge in [-0.2, -0.15) is 0 Å². The number of hydrogen-bond donors (Lipinski definition) is 3. The second kappa shape index (κ2) is 12.9. The zero-order valence-electron chi connectivity index (χ0n) is 24.9. The minimum atomic E-state index is -0.367. The van der Waals surface area contributed by atoms with E-state index in [9.17, 15) is 14.4 Å². The Morgan fingerprint density at radius 3 is 2.48 bits per heavy atom. The summed E-state index contributed by atoms with van der Waals surface area (Å²) in [4.78, 5) is 38.0. The van der Waals surface area contributed by atoms with Crippen molar-refractivity contribution in [2.75, 3.05) is 39.7 Å². The number of carbonyl (C=O) groups excluding carboxylic acids is 2. The Hall–Kier alpha value is -4.01. The molecule has 224 valence electrons. The van der Waals surface area contributed by atoms with E-state index < -0.39 is 0 Å². The van der Waals surface area contributed by atoms with Crippen molar-refractivity contribution in [3.8, 4) is 28.4 Å². The summed E-state index contributed by atoms with van der Waals surface area (Å²) in [7, 11) is 4.72. The molecule has 4 unspecified atom stereocenters. The van der Waals surface area contributed by atoms with Crippen molar-refractivity contribution in [1.82, 2.24) is 10.6 Å². The number of aryl methyl sites for hydroxylation is 1. The minimum Gasteiger partial charge on any atom is -0.493 e. The van der Waals surface area contributed by atoms with E-state index in [0.717, 1.165) is 23.2 Å². The zero-order chi connectivity index (χ0) is 29.8. The number of benzene rings is 1. The van der Waals surface area contributed by atoms with Gasteiger partial charge in [-0.3, -0.25) is 14.4 Å². The summed E-state index contributed by atoms with van der Waals surface area (Å²) in [6.07, 6.45) is 9.23. The van der Waals surface area contributed by atoms with Gasteiger partial charge in [0.25, 0.3) is 0 Å². The number of ether oxygens (including phenoxy) is 3. The average molecular weight is 576 g/mol. The lowest BCUT2D eigenvalue weighted by Gasteiger charge is -2.19. The van der Waals surface area contributed by atoms with Gasteiger partial charge in [0.1, 0.15) is 0 Å². The normalized spacial score (nSPS) is 21.5. The standard InChI is InChI=1S/C33H41N3O6/c1-19(37)36-26-11-9-22-16-29(40-2)32(41-3)33(42-4)31(22)24-10-12-27(28(38)17-25(24)26)34-13-5-6-30(39)35-18-23-15-20-7-8-21(23)14-20/h7-8,10,12,16-17,20-21,23,26H,5-6,9,11,13-15,18H2,1-4H3,(H,34,38)(H,35,39)(H,36,37). The van der Waals surface area contributed by atoms with Crippen molar-refractivity contribution in [3.63, 3.8) is 0 Å². The van der Waals surface area contributed by atoms with E-state index in [1.165, 1.54) is 19.8 Å². The van der Waals surface area contributed by atoms with Gasteiger partial charge in [-0.1, -0.05) is 18.2 Å². The van der Waals surface area contributed by atoms with Gasteiger partial charge >= 0.3 is 0 Å². The Balaban J connectivity index is 1.35. The van der Waals surface area contributed by atoms with Crippen LogP contribution in [0.3, 0.4) is 0 Å². The van der Waals surface area contributed by atoms with Crippen LogP contribution in [-0.4, -0.2) is 46.2 Å². The van der Waals surface area contributed by atoms with Gasteiger partial charge in [0.15, 0.2) is 11.5 Å². The third-order valence-electron chi connectivity index (χ3n) is 8.79. The van der Waals surface area contributed by atoms with E-state index >= 15 is 0 Å². The molecule has 2 amide bonds. The fourth-order valence-electron chi connectivity index (χ4n) is 6.79. The highest BCUT2D eigenvalue weighted by molar-refractivity contribution is 5.83. The quantitative estimate of drug-likeness (QED) is 0.269. The predicted octanol–water partition coefficient (Wildman–Crippen LogP) is 4.38. The largest absolute Gasteiger partial charge is 0.493 e. The van der Waals surface area contributed by atoms with E-state index in [1.54, 1.807) is 33.5 Å². The first-order chi connectivity index (χ1) is 20.3. The lowest BCUT2D eigenvalue weighted by Crippen LogP contribution is -2.31. The predicted molar refractivity (Wildman–Crippen MR) is 162 cm³/mol. The monoisotopic (exact) mass is 575 g/mol. The fraction of sp³-hybridized carbons (Fsp3) is 0.485. The first kappa shape index (κ1) is 29.5. The number of allylic oxidation sites excluding steroid dienone is 2. The number of hydrogen-bond acceptors (Lipinski definition) is 7. The molecule has 42 heavy (non-hydrogen) atoms. The van der Waals surface area contributed by atoms with Crippen molar-refractivity contribution in [3.05, 3.63) is 57.8 Å². The van der Waals surface area contributed by atoms with E-state index in [0.29, 0.717) is 78.5 Å². The van der Waals surface area contributed by atoms with Crippen LogP contribution in [0.15, 0.2) is 41.2 Å². The summed E-state index contributed by atoms with van der Waals surface area (Å²) < 4.78 is 17.1. The first-order valence-electron chi connectivity index (χ1n) is 14.8. The highest BCUT2D eigenvalue weighted by Gasteiger charge is 2.35. The molecule has 9 heteroatoms. The summed E-state index contributed by atoms with van der Waals surface area (Å²) >= 11 is 0. The van der Waals surface area contributed by atoms with Gasteiger partial charge in [0.2, 0.25) is 23.0 Å². The molecule has 0 heterocycles. The second-order valence-electron chi connectivity index (χ2n) is 11.5. The van der Waals surface area contributed by atoms with Crippen LogP contribution in [0, 0.1) is 17.8 Å². The molecule has 5 rings (SSSR count). The van der Waals surface area contributed by atoms with Crippen molar-refractivity contribution < 1.29 is 23.8 Å². The highest BCUT2D eigenvalue weighted by atomic mass is 16.5. The molecule has 0 spiro atoms. The van der Waals surface area contributed by atoms with E-state index in [4.69, 9.17) is 14.2 Å².